The largest absolute Gasteiger partial charge is 1.00 e. The minimum atomic E-state index is -5.88. The summed E-state index contributed by atoms with van der Waals surface area (Å²) in [6, 6.07) is 15.4. The van der Waals surface area contributed by atoms with Crippen molar-refractivity contribution in [3.05, 3.63) is 115 Å². The summed E-state index contributed by atoms with van der Waals surface area (Å²) in [6.45, 7) is 1.61. The van der Waals surface area contributed by atoms with E-state index >= 15 is 0 Å². The molecule has 0 aliphatic carbocycles. The van der Waals surface area contributed by atoms with E-state index < -0.39 is 194 Å². The fraction of sp³-hybridized carbons (Fsp3) is 0.0233. The predicted molar refractivity (Wildman–Crippen MR) is 265 cm³/mol. The second-order valence-corrected chi connectivity index (χ2v) is 26.1. The van der Waals surface area contributed by atoms with Gasteiger partial charge in [0.25, 0.3) is 20.2 Å². The summed E-state index contributed by atoms with van der Waals surface area (Å²) in [5.74, 6) is -3.93. The van der Waals surface area contributed by atoms with Crippen LogP contribution in [0, 0.1) is 6.92 Å². The van der Waals surface area contributed by atoms with Gasteiger partial charge in [0.15, 0.2) is 5.75 Å². The first-order chi connectivity index (χ1) is 36.9. The molecule has 0 unspecified atom stereocenters. The van der Waals surface area contributed by atoms with Gasteiger partial charge < -0.3 is 38.3 Å². The molecule has 43 heteroatoms. The molecule has 0 saturated carbocycles. The van der Waals surface area contributed by atoms with Crippen molar-refractivity contribution in [1.82, 2.24) is 0 Å². The fourth-order valence-electron chi connectivity index (χ4n) is 7.59. The van der Waals surface area contributed by atoms with E-state index in [4.69, 9.17) is 9.92 Å². The Kier molecular flexibility index (Phi) is 27.6. The van der Waals surface area contributed by atoms with E-state index in [1.807, 2.05) is 0 Å². The number of nitrogen functional groups attached to an aromatic ring is 1. The summed E-state index contributed by atoms with van der Waals surface area (Å²) in [6.07, 6.45) is 0. The number of fused-ring (bicyclic) bond motifs is 3. The molecule has 0 bridgehead atoms. The summed E-state index contributed by atoms with van der Waals surface area (Å²) in [5.41, 5.74) is -0.319. The number of azo groups is 3. The molecule has 0 heterocycles. The molecule has 86 heavy (non-hydrogen) atoms. The molecule has 0 spiro atoms. The van der Waals surface area contributed by atoms with Crippen molar-refractivity contribution in [2.45, 2.75) is 41.2 Å². The average Bonchev–Trinajstić information content (AvgIpc) is 0.919. The topological polar surface area (TPSA) is 527 Å². The van der Waals surface area contributed by atoms with E-state index in [0.29, 0.717) is 42.0 Å². The van der Waals surface area contributed by atoms with Crippen molar-refractivity contribution in [1.29, 1.82) is 0 Å². The third-order valence-electron chi connectivity index (χ3n) is 11.1. The van der Waals surface area contributed by atoms with Crippen LogP contribution in [0.1, 0.15) is 5.56 Å². The molecule has 0 aliphatic heterocycles. The zero-order chi connectivity index (χ0) is 59.0. The first-order valence-electron chi connectivity index (χ1n) is 21.0. The van der Waals surface area contributed by atoms with Crippen LogP contribution in [0.25, 0.3) is 32.3 Å². The van der Waals surface area contributed by atoms with Gasteiger partial charge in [-0.25, -0.2) is 33.7 Å². The number of rotatable bonds is 15. The van der Waals surface area contributed by atoms with E-state index in [-0.39, 0.29) is 177 Å². The molecule has 4 N–H and O–H groups in total. The van der Waals surface area contributed by atoms with Crippen LogP contribution >= 0.6 is 0 Å². The molecule has 0 amide bonds. The zero-order valence-corrected chi connectivity index (χ0v) is 62.7. The second-order valence-electron chi connectivity index (χ2n) is 16.4. The number of nitrogens with zero attached hydrogens (tertiary/aromatic N) is 6. The smallest absolute Gasteiger partial charge is 0.871 e. The molecule has 0 aliphatic rings. The predicted octanol–water partition coefficient (Wildman–Crippen LogP) is -12.7. The Bertz CT molecular complexity index is 5000. The Labute approximate surface area is 621 Å². The van der Waals surface area contributed by atoms with Gasteiger partial charge in [-0.2, -0.15) is 30.4 Å². The van der Waals surface area contributed by atoms with Gasteiger partial charge in [0.05, 0.1) is 42.3 Å². The van der Waals surface area contributed by atoms with Crippen LogP contribution in [-0.4, -0.2) is 86.2 Å². The van der Waals surface area contributed by atoms with Gasteiger partial charge in [0.2, 0.25) is 0 Å². The maximum atomic E-state index is 14.2. The van der Waals surface area contributed by atoms with Gasteiger partial charge in [0.1, 0.15) is 72.2 Å². The van der Waals surface area contributed by atoms with Crippen LogP contribution in [0.3, 0.4) is 0 Å². The van der Waals surface area contributed by atoms with Crippen molar-refractivity contribution < 1.29 is 278 Å². The van der Waals surface area contributed by atoms with Gasteiger partial charge in [-0.15, -0.1) is 25.6 Å². The number of anilines is 1. The molecule has 30 nitrogen and oxygen atoms in total. The van der Waals surface area contributed by atoms with E-state index in [9.17, 15) is 96.5 Å². The third kappa shape index (κ3) is 17.5. The molecule has 418 valence electrons. The summed E-state index contributed by atoms with van der Waals surface area (Å²) in [4.78, 5) is -8.45. The van der Waals surface area contributed by atoms with Gasteiger partial charge in [-0.05, 0) is 95.9 Å². The summed E-state index contributed by atoms with van der Waals surface area (Å²) in [5, 5.41) is 45.0. The van der Waals surface area contributed by atoms with Crippen molar-refractivity contribution in [3.63, 3.8) is 0 Å². The van der Waals surface area contributed by atoms with Gasteiger partial charge in [-0.3, -0.25) is 9.11 Å². The quantitative estimate of drug-likeness (QED) is 0.0282. The van der Waals surface area contributed by atoms with Crippen LogP contribution in [0.5, 0.6) is 17.2 Å². The normalized spacial score (nSPS) is 12.5. The number of aryl methyl sites for hydroxylation is 1. The van der Waals surface area contributed by atoms with Crippen LogP contribution in [0.15, 0.2) is 174 Å². The van der Waals surface area contributed by atoms with E-state index in [0.717, 1.165) is 54.6 Å². The molecule has 0 radical (unpaired) electrons. The molecule has 8 rings (SSSR count). The Morgan fingerprint density at radius 3 is 1.50 bits per heavy atom. The van der Waals surface area contributed by atoms with Crippen molar-refractivity contribution in [2.24, 2.45) is 30.7 Å². The summed E-state index contributed by atoms with van der Waals surface area (Å²) in [7, 11) is -38.6. The summed E-state index contributed by atoms with van der Waals surface area (Å²) < 4.78 is 251. The van der Waals surface area contributed by atoms with Crippen LogP contribution in [0.2, 0.25) is 0 Å². The number of nitrogens with two attached hydrogens (primary N) is 1. The van der Waals surface area contributed by atoms with Gasteiger partial charge in [-0.1, -0.05) is 47.4 Å². The Morgan fingerprint density at radius 1 is 0.442 bits per heavy atom. The van der Waals surface area contributed by atoms with Crippen LogP contribution in [0.4, 0.5) is 39.8 Å². The minimum Gasteiger partial charge on any atom is -0.871 e. The maximum absolute atomic E-state index is 14.2. The Balaban J connectivity index is 0.00000420. The average molecular weight is 1370 g/mol. The van der Waals surface area contributed by atoms with Crippen LogP contribution < -0.4 is 197 Å². The van der Waals surface area contributed by atoms with Gasteiger partial charge in [0, 0.05) is 22.2 Å². The Morgan fingerprint density at radius 2 is 0.942 bits per heavy atom. The molecule has 0 saturated heterocycles. The van der Waals surface area contributed by atoms with Crippen molar-refractivity contribution in [3.8, 4) is 17.2 Å². The number of hydrogen-bond donors (Lipinski definition) is 3. The van der Waals surface area contributed by atoms with Crippen molar-refractivity contribution in [2.75, 3.05) is 5.73 Å². The second kappa shape index (κ2) is 29.7. The fourth-order valence-corrected chi connectivity index (χ4v) is 12.4. The summed E-state index contributed by atoms with van der Waals surface area (Å²) >= 11 is 0. The standard InChI is InChI=1S/C43H31N7O23S7.6Na/c1-20-6-9-24(10-7-20)80(71,72)73-31-19-25(74(53,54)55)18-28-27(31)12-13-30(43(28)79(68,69)70)47-48-38-33(76(59,60)61)16-22-17-35(78(65,66)67)40(42(52)36(22)37(38)44)49-45-23-8-11-26-21(14-23)15-34(77(62,63)64)39(41(26)51)50-46-29-4-2-3-5-32(29)75(56,57)58;;;;;;/h2-19,51-52H,44H2,1H3,(H,53,54,55)(H,56,57,58)(H,59,60,61)(H,62,63,64)(H,65,66,67)(H,68,69,70);;;;;;/q;6*+1/p-6. The first kappa shape index (κ1) is 80.0. The third-order valence-corrected chi connectivity index (χ3v) is 17.6. The van der Waals surface area contributed by atoms with Gasteiger partial charge >= 0.3 is 187 Å². The molecule has 8 aromatic carbocycles. The van der Waals surface area contributed by atoms with E-state index in [1.165, 1.54) is 18.2 Å². The first-order valence-corrected chi connectivity index (χ1v) is 30.9. The van der Waals surface area contributed by atoms with E-state index in [2.05, 4.69) is 30.7 Å². The molecule has 8 aromatic rings. The molecule has 0 fully saturated rings. The molecular weight excluding hydrogens is 1340 g/mol. The Hall–Kier alpha value is -2.05. The number of hydrogen-bond acceptors (Lipinski definition) is 28. The maximum Gasteiger partial charge on any atom is 1.00 e. The molecule has 0 atom stereocenters. The number of benzene rings is 8. The molecule has 0 aromatic heterocycles. The van der Waals surface area contributed by atoms with Crippen molar-refractivity contribution >= 4 is 143 Å². The van der Waals surface area contributed by atoms with E-state index in [1.54, 1.807) is 6.92 Å². The minimum absolute atomic E-state index is 0. The van der Waals surface area contributed by atoms with Crippen LogP contribution in [-0.2, 0) is 70.8 Å². The monoisotopic (exact) mass is 1370 g/mol. The zero-order valence-electron chi connectivity index (χ0n) is 45.0. The SMILES string of the molecule is Cc1ccc(S(=O)(=O)Oc2cc(S(=O)(=O)[O-])cc3c(S(=O)(=O)O)c(N=Nc4c(S(=O)(=O)[O-])cc5cc(S(=O)(=O)O)c(N=Nc6ccc7c([O-])c(N=Nc8ccccc8S(=O)(=O)[O-])c(S(=O)(=O)[O-])cc7c6)c([O-])c5c4N)ccc23)cc1.[Na+].[Na+].[Na+].[Na+].[Na+].[Na+]. The molecular formula is C43H25N7Na6O23S7.